The molecule has 0 aliphatic carbocycles. The summed E-state index contributed by atoms with van der Waals surface area (Å²) in [5.41, 5.74) is 7.91. The van der Waals surface area contributed by atoms with Crippen molar-refractivity contribution in [1.82, 2.24) is 14.6 Å². The molecule has 1 N–H and O–H groups in total. The molecule has 0 amide bonds. The molecule has 4 nitrogen and oxygen atoms in total. The Hall–Kier alpha value is -3.63. The van der Waals surface area contributed by atoms with Gasteiger partial charge in [0.25, 0.3) is 0 Å². The van der Waals surface area contributed by atoms with Gasteiger partial charge in [-0.3, -0.25) is 0 Å². The van der Waals surface area contributed by atoms with Crippen molar-refractivity contribution in [2.75, 3.05) is 5.32 Å². The van der Waals surface area contributed by atoms with E-state index in [2.05, 4.69) is 48.6 Å². The lowest BCUT2D eigenvalue weighted by atomic mass is 10.1. The summed E-state index contributed by atoms with van der Waals surface area (Å²) in [7, 11) is 0. The first kappa shape index (κ1) is 19.3. The first-order valence-electron chi connectivity index (χ1n) is 10.1. The van der Waals surface area contributed by atoms with Crippen molar-refractivity contribution in [3.8, 4) is 22.4 Å². The Morgan fingerprint density at radius 1 is 0.806 bits per heavy atom. The minimum atomic E-state index is 0.706. The van der Waals surface area contributed by atoms with Crippen LogP contribution in [0, 0.1) is 13.8 Å². The molecule has 0 unspecified atom stereocenters. The van der Waals surface area contributed by atoms with Gasteiger partial charge in [0.05, 0.1) is 11.4 Å². The van der Waals surface area contributed by atoms with Crippen LogP contribution in [0.2, 0.25) is 5.02 Å². The molecule has 0 radical (unpaired) electrons. The number of halogens is 1. The standard InChI is InChI=1S/C26H21ClN4/c1-17-8-14-22(15-9-17)28-24-16-23(19-6-4-3-5-7-19)29-26-25(18(2)30-31(24)26)20-10-12-21(27)13-11-20/h3-16,28H,1-2H3. The smallest absolute Gasteiger partial charge is 0.166 e. The van der Waals surface area contributed by atoms with Gasteiger partial charge in [-0.05, 0) is 43.7 Å². The predicted molar refractivity (Wildman–Crippen MR) is 128 cm³/mol. The Kier molecular flexibility index (Phi) is 4.92. The first-order valence-corrected chi connectivity index (χ1v) is 10.5. The van der Waals surface area contributed by atoms with Gasteiger partial charge >= 0.3 is 0 Å². The summed E-state index contributed by atoms with van der Waals surface area (Å²) in [6.45, 7) is 4.09. The topological polar surface area (TPSA) is 42.2 Å². The van der Waals surface area contributed by atoms with E-state index in [-0.39, 0.29) is 0 Å². The van der Waals surface area contributed by atoms with E-state index in [4.69, 9.17) is 21.7 Å². The normalized spacial score (nSPS) is 11.1. The third kappa shape index (κ3) is 3.78. The molecule has 0 bridgehead atoms. The van der Waals surface area contributed by atoms with Crippen LogP contribution in [0.3, 0.4) is 0 Å². The molecular formula is C26H21ClN4. The van der Waals surface area contributed by atoms with Crippen molar-refractivity contribution in [2.24, 2.45) is 0 Å². The zero-order chi connectivity index (χ0) is 21.4. The van der Waals surface area contributed by atoms with E-state index < -0.39 is 0 Å². The van der Waals surface area contributed by atoms with Gasteiger partial charge < -0.3 is 5.32 Å². The van der Waals surface area contributed by atoms with Crippen LogP contribution in [0.1, 0.15) is 11.3 Å². The van der Waals surface area contributed by atoms with Crippen molar-refractivity contribution < 1.29 is 0 Å². The third-order valence-corrected chi connectivity index (χ3v) is 5.54. The van der Waals surface area contributed by atoms with E-state index >= 15 is 0 Å². The molecule has 0 spiro atoms. The van der Waals surface area contributed by atoms with E-state index in [9.17, 15) is 0 Å². The summed E-state index contributed by atoms with van der Waals surface area (Å²) >= 11 is 6.12. The van der Waals surface area contributed by atoms with Crippen molar-refractivity contribution in [3.63, 3.8) is 0 Å². The van der Waals surface area contributed by atoms with Crippen LogP contribution in [-0.2, 0) is 0 Å². The van der Waals surface area contributed by atoms with Gasteiger partial charge in [0.15, 0.2) is 5.65 Å². The molecule has 5 heteroatoms. The molecule has 5 rings (SSSR count). The molecule has 152 valence electrons. The van der Waals surface area contributed by atoms with Gasteiger partial charge in [-0.25, -0.2) is 4.98 Å². The van der Waals surface area contributed by atoms with Crippen LogP contribution in [0.15, 0.2) is 84.9 Å². The summed E-state index contributed by atoms with van der Waals surface area (Å²) in [5, 5.41) is 9.05. The van der Waals surface area contributed by atoms with Gasteiger partial charge in [-0.15, -0.1) is 0 Å². The highest BCUT2D eigenvalue weighted by atomic mass is 35.5. The zero-order valence-electron chi connectivity index (χ0n) is 17.3. The highest BCUT2D eigenvalue weighted by molar-refractivity contribution is 6.30. The lowest BCUT2D eigenvalue weighted by Crippen LogP contribution is -2.02. The van der Waals surface area contributed by atoms with Crippen LogP contribution in [0.4, 0.5) is 11.5 Å². The number of benzene rings is 3. The summed E-state index contributed by atoms with van der Waals surface area (Å²) in [6.07, 6.45) is 0. The number of aryl methyl sites for hydroxylation is 2. The Balaban J connectivity index is 1.74. The van der Waals surface area contributed by atoms with Gasteiger partial charge in [-0.2, -0.15) is 9.61 Å². The molecule has 0 aliphatic rings. The number of fused-ring (bicyclic) bond motifs is 1. The van der Waals surface area contributed by atoms with E-state index in [0.29, 0.717) is 5.02 Å². The van der Waals surface area contributed by atoms with E-state index in [0.717, 1.165) is 45.2 Å². The monoisotopic (exact) mass is 424 g/mol. The third-order valence-electron chi connectivity index (χ3n) is 5.29. The second kappa shape index (κ2) is 7.89. The van der Waals surface area contributed by atoms with E-state index in [1.165, 1.54) is 5.56 Å². The maximum absolute atomic E-state index is 6.12. The Morgan fingerprint density at radius 2 is 1.52 bits per heavy atom. The van der Waals surface area contributed by atoms with Crippen molar-refractivity contribution in [3.05, 3.63) is 101 Å². The Bertz CT molecular complexity index is 1360. The molecule has 0 saturated heterocycles. The molecular weight excluding hydrogens is 404 g/mol. The van der Waals surface area contributed by atoms with Crippen molar-refractivity contribution in [2.45, 2.75) is 13.8 Å². The number of aromatic nitrogens is 3. The number of anilines is 2. The van der Waals surface area contributed by atoms with Gasteiger partial charge in [-0.1, -0.05) is 71.8 Å². The molecule has 2 heterocycles. The molecule has 0 saturated carbocycles. The van der Waals surface area contributed by atoms with Crippen LogP contribution >= 0.6 is 11.6 Å². The van der Waals surface area contributed by atoms with Crippen LogP contribution in [-0.4, -0.2) is 14.6 Å². The van der Waals surface area contributed by atoms with Crippen LogP contribution in [0.5, 0.6) is 0 Å². The molecule has 0 fully saturated rings. The molecule has 0 atom stereocenters. The largest absolute Gasteiger partial charge is 0.340 e. The second-order valence-corrected chi connectivity index (χ2v) is 8.02. The van der Waals surface area contributed by atoms with Crippen LogP contribution < -0.4 is 5.32 Å². The maximum Gasteiger partial charge on any atom is 0.166 e. The fourth-order valence-corrected chi connectivity index (χ4v) is 3.83. The molecule has 0 aliphatic heterocycles. The van der Waals surface area contributed by atoms with Gasteiger partial charge in [0.2, 0.25) is 0 Å². The number of hydrogen-bond acceptors (Lipinski definition) is 3. The van der Waals surface area contributed by atoms with Gasteiger partial charge in [0, 0.05) is 27.9 Å². The molecule has 5 aromatic rings. The zero-order valence-corrected chi connectivity index (χ0v) is 18.1. The van der Waals surface area contributed by atoms with Crippen LogP contribution in [0.25, 0.3) is 28.0 Å². The summed E-state index contributed by atoms with van der Waals surface area (Å²) in [6, 6.07) is 28.4. The highest BCUT2D eigenvalue weighted by Gasteiger charge is 2.17. The number of nitrogens with zero attached hydrogens (tertiary/aromatic N) is 3. The molecule has 2 aromatic heterocycles. The minimum absolute atomic E-state index is 0.706. The fraction of sp³-hybridized carbons (Fsp3) is 0.0769. The summed E-state index contributed by atoms with van der Waals surface area (Å²) in [4.78, 5) is 5.01. The maximum atomic E-state index is 6.12. The lowest BCUT2D eigenvalue weighted by molar-refractivity contribution is 0.926. The van der Waals surface area contributed by atoms with E-state index in [1.54, 1.807) is 0 Å². The van der Waals surface area contributed by atoms with Gasteiger partial charge in [0.1, 0.15) is 5.82 Å². The first-order chi connectivity index (χ1) is 15.1. The highest BCUT2D eigenvalue weighted by Crippen LogP contribution is 2.33. The second-order valence-electron chi connectivity index (χ2n) is 7.59. The lowest BCUT2D eigenvalue weighted by Gasteiger charge is -2.12. The van der Waals surface area contributed by atoms with Crippen molar-refractivity contribution >= 4 is 28.8 Å². The molecule has 3 aromatic carbocycles. The fourth-order valence-electron chi connectivity index (χ4n) is 3.71. The Labute approximate surface area is 186 Å². The number of rotatable bonds is 4. The average molecular weight is 425 g/mol. The number of nitrogens with one attached hydrogen (secondary N) is 1. The number of hydrogen-bond donors (Lipinski definition) is 1. The van der Waals surface area contributed by atoms with E-state index in [1.807, 2.05) is 60.0 Å². The Morgan fingerprint density at radius 3 is 2.23 bits per heavy atom. The predicted octanol–water partition coefficient (Wildman–Crippen LogP) is 7.08. The average Bonchev–Trinajstić information content (AvgIpc) is 3.12. The summed E-state index contributed by atoms with van der Waals surface area (Å²) < 4.78 is 1.88. The SMILES string of the molecule is Cc1ccc(Nc2cc(-c3ccccc3)nc3c(-c4ccc(Cl)cc4)c(C)nn23)cc1. The molecule has 31 heavy (non-hydrogen) atoms. The summed E-state index contributed by atoms with van der Waals surface area (Å²) in [5.74, 6) is 0.857. The quantitative estimate of drug-likeness (QED) is 0.335. The minimum Gasteiger partial charge on any atom is -0.340 e. The van der Waals surface area contributed by atoms with Crippen molar-refractivity contribution in [1.29, 1.82) is 0 Å².